The van der Waals surface area contributed by atoms with Gasteiger partial charge in [0.25, 0.3) is 0 Å². The van der Waals surface area contributed by atoms with Gasteiger partial charge in [-0.25, -0.2) is 0 Å². The molecule has 0 bridgehead atoms. The van der Waals surface area contributed by atoms with Crippen molar-refractivity contribution >= 4 is 5.97 Å². The van der Waals surface area contributed by atoms with E-state index in [1.54, 1.807) is 0 Å². The Morgan fingerprint density at radius 1 is 1.26 bits per heavy atom. The highest BCUT2D eigenvalue weighted by Crippen LogP contribution is 2.20. The predicted molar refractivity (Wildman–Crippen MR) is 77.6 cm³/mol. The van der Waals surface area contributed by atoms with E-state index in [1.807, 2.05) is 30.3 Å². The molecule has 0 amide bonds. The Morgan fingerprint density at radius 3 is 2.47 bits per heavy atom. The molecule has 0 fully saturated rings. The van der Waals surface area contributed by atoms with Gasteiger partial charge in [0.2, 0.25) is 0 Å². The average Bonchev–Trinajstić information content (AvgIpc) is 2.34. The molecule has 3 heteroatoms. The van der Waals surface area contributed by atoms with Crippen LogP contribution >= 0.6 is 0 Å². The maximum Gasteiger partial charge on any atom is 0.307 e. The van der Waals surface area contributed by atoms with Crippen LogP contribution in [0.2, 0.25) is 0 Å². The van der Waals surface area contributed by atoms with Gasteiger partial charge in [-0.1, -0.05) is 51.1 Å². The van der Waals surface area contributed by atoms with Gasteiger partial charge in [0, 0.05) is 6.04 Å². The van der Waals surface area contributed by atoms with Crippen molar-refractivity contribution in [1.82, 2.24) is 0 Å². The van der Waals surface area contributed by atoms with Crippen LogP contribution in [-0.2, 0) is 9.53 Å². The zero-order valence-electron chi connectivity index (χ0n) is 12.2. The molecule has 3 nitrogen and oxygen atoms in total. The second-order valence-electron chi connectivity index (χ2n) is 6.11. The van der Waals surface area contributed by atoms with Gasteiger partial charge in [-0.3, -0.25) is 4.79 Å². The van der Waals surface area contributed by atoms with E-state index in [0.29, 0.717) is 6.61 Å². The molecule has 0 heterocycles. The minimum absolute atomic E-state index is 0.217. The number of nitrogens with two attached hydrogens (primary N) is 1. The molecular formula is C16H25NO2. The minimum atomic E-state index is -0.281. The number of benzene rings is 1. The van der Waals surface area contributed by atoms with Gasteiger partial charge in [0.15, 0.2) is 0 Å². The van der Waals surface area contributed by atoms with Crippen molar-refractivity contribution in [2.75, 3.05) is 6.61 Å². The Morgan fingerprint density at radius 2 is 1.89 bits per heavy atom. The van der Waals surface area contributed by atoms with E-state index in [4.69, 9.17) is 10.5 Å². The quantitative estimate of drug-likeness (QED) is 0.632. The zero-order chi connectivity index (χ0) is 14.3. The van der Waals surface area contributed by atoms with Crippen LogP contribution in [0.25, 0.3) is 0 Å². The lowest BCUT2D eigenvalue weighted by Crippen LogP contribution is -2.18. The summed E-state index contributed by atoms with van der Waals surface area (Å²) in [4.78, 5) is 11.6. The van der Waals surface area contributed by atoms with Crippen LogP contribution in [0.3, 0.4) is 0 Å². The number of rotatable bonds is 6. The summed E-state index contributed by atoms with van der Waals surface area (Å²) in [5, 5.41) is 0. The largest absolute Gasteiger partial charge is 0.466 e. The van der Waals surface area contributed by atoms with E-state index < -0.39 is 0 Å². The van der Waals surface area contributed by atoms with Crippen LogP contribution in [0.15, 0.2) is 30.3 Å². The molecule has 0 aliphatic rings. The fourth-order valence-electron chi connectivity index (χ4n) is 1.85. The first kappa shape index (κ1) is 15.7. The van der Waals surface area contributed by atoms with Gasteiger partial charge in [-0.15, -0.1) is 0 Å². The van der Waals surface area contributed by atoms with E-state index in [0.717, 1.165) is 18.4 Å². The highest BCUT2D eigenvalue weighted by Gasteiger charge is 2.13. The molecule has 0 saturated heterocycles. The Balaban J connectivity index is 2.24. The summed E-state index contributed by atoms with van der Waals surface area (Å²) in [6, 6.07) is 9.35. The summed E-state index contributed by atoms with van der Waals surface area (Å²) in [6.07, 6.45) is 2.18. The lowest BCUT2D eigenvalue weighted by atomic mass is 9.91. The number of hydrogen-bond donors (Lipinski definition) is 1. The highest BCUT2D eigenvalue weighted by molar-refractivity contribution is 5.70. The molecule has 0 radical (unpaired) electrons. The number of ether oxygens (including phenoxy) is 1. The first-order valence-electron chi connectivity index (χ1n) is 6.84. The lowest BCUT2D eigenvalue weighted by molar-refractivity contribution is -0.144. The van der Waals surface area contributed by atoms with Gasteiger partial charge >= 0.3 is 5.97 Å². The summed E-state index contributed by atoms with van der Waals surface area (Å²) < 4.78 is 5.21. The van der Waals surface area contributed by atoms with Crippen LogP contribution in [0.5, 0.6) is 0 Å². The molecule has 1 aromatic carbocycles. The zero-order valence-corrected chi connectivity index (χ0v) is 12.2. The molecule has 0 spiro atoms. The van der Waals surface area contributed by atoms with E-state index >= 15 is 0 Å². The van der Waals surface area contributed by atoms with E-state index in [1.165, 1.54) is 0 Å². The first-order chi connectivity index (χ1) is 8.88. The molecule has 2 N–H and O–H groups in total. The Hall–Kier alpha value is -1.35. The third-order valence-electron chi connectivity index (χ3n) is 2.95. The van der Waals surface area contributed by atoms with E-state index in [2.05, 4.69) is 20.8 Å². The molecule has 1 rings (SSSR count). The van der Waals surface area contributed by atoms with Gasteiger partial charge in [0.05, 0.1) is 13.0 Å². The molecule has 1 atom stereocenters. The SMILES string of the molecule is CC(C)(C)CCCOC(=O)CC(N)c1ccccc1. The third kappa shape index (κ3) is 6.97. The molecule has 0 aromatic heterocycles. The molecular weight excluding hydrogens is 238 g/mol. The molecule has 1 aromatic rings. The summed E-state index contributed by atoms with van der Waals surface area (Å²) >= 11 is 0. The molecule has 0 aliphatic heterocycles. The normalized spacial score (nSPS) is 13.1. The van der Waals surface area contributed by atoms with E-state index in [9.17, 15) is 4.79 Å². The Bertz CT molecular complexity index is 381. The molecule has 1 unspecified atom stereocenters. The number of esters is 1. The van der Waals surface area contributed by atoms with Gasteiger partial charge < -0.3 is 10.5 Å². The van der Waals surface area contributed by atoms with Crippen molar-refractivity contribution in [3.63, 3.8) is 0 Å². The van der Waals surface area contributed by atoms with Crippen LogP contribution in [0, 0.1) is 5.41 Å². The average molecular weight is 263 g/mol. The van der Waals surface area contributed by atoms with Crippen LogP contribution in [0.4, 0.5) is 0 Å². The van der Waals surface area contributed by atoms with Crippen molar-refractivity contribution in [2.24, 2.45) is 11.1 Å². The topological polar surface area (TPSA) is 52.3 Å². The molecule has 0 aliphatic carbocycles. The minimum Gasteiger partial charge on any atom is -0.466 e. The number of carbonyl (C=O) groups is 1. The summed E-state index contributed by atoms with van der Waals surface area (Å²) in [6.45, 7) is 7.03. The highest BCUT2D eigenvalue weighted by atomic mass is 16.5. The molecule has 0 saturated carbocycles. The van der Waals surface area contributed by atoms with Crippen LogP contribution in [0.1, 0.15) is 51.6 Å². The fourth-order valence-corrected chi connectivity index (χ4v) is 1.85. The second kappa shape index (κ2) is 7.29. The maximum atomic E-state index is 11.6. The van der Waals surface area contributed by atoms with Crippen molar-refractivity contribution in [3.8, 4) is 0 Å². The number of hydrogen-bond acceptors (Lipinski definition) is 3. The summed E-state index contributed by atoms with van der Waals surface area (Å²) in [5.74, 6) is -0.217. The van der Waals surface area contributed by atoms with Crippen molar-refractivity contribution in [1.29, 1.82) is 0 Å². The van der Waals surface area contributed by atoms with Crippen molar-refractivity contribution in [2.45, 2.75) is 46.1 Å². The van der Waals surface area contributed by atoms with E-state index in [-0.39, 0.29) is 23.8 Å². The van der Waals surface area contributed by atoms with Gasteiger partial charge in [-0.05, 0) is 23.8 Å². The molecule has 19 heavy (non-hydrogen) atoms. The third-order valence-corrected chi connectivity index (χ3v) is 2.95. The van der Waals surface area contributed by atoms with Crippen LogP contribution < -0.4 is 5.73 Å². The van der Waals surface area contributed by atoms with Crippen LogP contribution in [-0.4, -0.2) is 12.6 Å². The van der Waals surface area contributed by atoms with Crippen molar-refractivity contribution in [3.05, 3.63) is 35.9 Å². The molecule has 106 valence electrons. The monoisotopic (exact) mass is 263 g/mol. The summed E-state index contributed by atoms with van der Waals surface area (Å²) in [5.41, 5.74) is 7.22. The fraction of sp³-hybridized carbons (Fsp3) is 0.562. The predicted octanol–water partition coefficient (Wildman–Crippen LogP) is 3.45. The number of carbonyl (C=O) groups excluding carboxylic acids is 1. The smallest absolute Gasteiger partial charge is 0.307 e. The summed E-state index contributed by atoms with van der Waals surface area (Å²) in [7, 11) is 0. The van der Waals surface area contributed by atoms with Gasteiger partial charge in [-0.2, -0.15) is 0 Å². The Labute approximate surface area is 116 Å². The maximum absolute atomic E-state index is 11.6. The second-order valence-corrected chi connectivity index (χ2v) is 6.11. The first-order valence-corrected chi connectivity index (χ1v) is 6.84. The lowest BCUT2D eigenvalue weighted by Gasteiger charge is -2.17. The standard InChI is InChI=1S/C16H25NO2/c1-16(2,3)10-7-11-19-15(18)12-14(17)13-8-5-4-6-9-13/h4-6,8-9,14H,7,10-12,17H2,1-3H3. The Kier molecular flexibility index (Phi) is 6.03. The van der Waals surface area contributed by atoms with Crippen molar-refractivity contribution < 1.29 is 9.53 Å². The van der Waals surface area contributed by atoms with Gasteiger partial charge in [0.1, 0.15) is 0 Å².